The topological polar surface area (TPSA) is 27.3 Å². The fourth-order valence-corrected chi connectivity index (χ4v) is 8.38. The van der Waals surface area contributed by atoms with Gasteiger partial charge in [-0.15, -0.1) is 0 Å². The Kier molecular flexibility index (Phi) is 6.08. The highest BCUT2D eigenvalue weighted by molar-refractivity contribution is 6.09. The van der Waals surface area contributed by atoms with Gasteiger partial charge in [0.1, 0.15) is 22.9 Å². The molecular weight excluding hydrogens is 623 g/mol. The molecule has 2 unspecified atom stereocenters. The van der Waals surface area contributed by atoms with Crippen molar-refractivity contribution in [1.29, 1.82) is 0 Å². The van der Waals surface area contributed by atoms with Crippen LogP contribution in [0.5, 0.6) is 5.75 Å². The number of benzene rings is 7. The minimum Gasteiger partial charge on any atom is -0.483 e. The molecule has 0 bridgehead atoms. The highest BCUT2D eigenvalue weighted by Gasteiger charge is 2.36. The van der Waals surface area contributed by atoms with Gasteiger partial charge in [-0.05, 0) is 76.4 Å². The average molecular weight is 654 g/mol. The summed E-state index contributed by atoms with van der Waals surface area (Å²) < 4.78 is 16.1. The second kappa shape index (κ2) is 11.0. The van der Waals surface area contributed by atoms with Gasteiger partial charge in [-0.3, -0.25) is 0 Å². The van der Waals surface area contributed by atoms with Crippen LogP contribution in [0.15, 0.2) is 168 Å². The smallest absolute Gasteiger partial charge is 0.148 e. The number of ether oxygens (including phenoxy) is 1. The van der Waals surface area contributed by atoms with Crippen LogP contribution in [0.4, 0.5) is 0 Å². The maximum absolute atomic E-state index is 6.93. The normalized spacial score (nSPS) is 15.9. The molecule has 0 saturated heterocycles. The van der Waals surface area contributed by atoms with Crippen molar-refractivity contribution >= 4 is 44.9 Å². The fraction of sp³-hybridized carbons (Fsp3) is 0.0417. The zero-order valence-electron chi connectivity index (χ0n) is 27.7. The third-order valence-electron chi connectivity index (χ3n) is 10.7. The van der Waals surface area contributed by atoms with Gasteiger partial charge < -0.3 is 13.7 Å². The van der Waals surface area contributed by atoms with Crippen molar-refractivity contribution in [2.24, 2.45) is 0 Å². The summed E-state index contributed by atoms with van der Waals surface area (Å²) in [7, 11) is 0. The molecule has 240 valence electrons. The van der Waals surface area contributed by atoms with E-state index in [2.05, 4.69) is 181 Å². The molecule has 0 amide bonds. The molecule has 1 aliphatic heterocycles. The van der Waals surface area contributed by atoms with Crippen LogP contribution in [0.3, 0.4) is 0 Å². The minimum absolute atomic E-state index is 0.0515. The lowest BCUT2D eigenvalue weighted by atomic mass is 9.90. The molecule has 0 fully saturated rings. The maximum Gasteiger partial charge on any atom is 0.148 e. The Morgan fingerprint density at radius 3 is 1.75 bits per heavy atom. The highest BCUT2D eigenvalue weighted by Crippen LogP contribution is 2.46. The van der Waals surface area contributed by atoms with Crippen molar-refractivity contribution in [2.75, 3.05) is 0 Å². The van der Waals surface area contributed by atoms with E-state index in [-0.39, 0.29) is 12.0 Å². The minimum atomic E-state index is -0.128. The van der Waals surface area contributed by atoms with E-state index in [1.54, 1.807) is 0 Å². The van der Waals surface area contributed by atoms with Gasteiger partial charge in [0.2, 0.25) is 0 Å². The molecular formula is C48H31NO2. The van der Waals surface area contributed by atoms with Crippen LogP contribution in [-0.4, -0.2) is 10.7 Å². The largest absolute Gasteiger partial charge is 0.483 e. The second-order valence-corrected chi connectivity index (χ2v) is 13.6. The Bertz CT molecular complexity index is 2840. The van der Waals surface area contributed by atoms with Crippen LogP contribution in [0, 0.1) is 0 Å². The summed E-state index contributed by atoms with van der Waals surface area (Å²) in [5.41, 5.74) is 13.4. The van der Waals surface area contributed by atoms with Gasteiger partial charge in [0, 0.05) is 32.5 Å². The van der Waals surface area contributed by atoms with Crippen molar-refractivity contribution in [3.8, 4) is 44.8 Å². The first kappa shape index (κ1) is 28.3. The van der Waals surface area contributed by atoms with Crippen molar-refractivity contribution in [1.82, 2.24) is 4.57 Å². The molecule has 2 aliphatic rings. The average Bonchev–Trinajstić information content (AvgIpc) is 3.86. The molecule has 0 radical (unpaired) electrons. The molecule has 0 spiro atoms. The van der Waals surface area contributed by atoms with Gasteiger partial charge in [0.25, 0.3) is 0 Å². The zero-order chi connectivity index (χ0) is 33.5. The maximum atomic E-state index is 6.93. The zero-order valence-corrected chi connectivity index (χ0v) is 27.7. The lowest BCUT2D eigenvalue weighted by molar-refractivity contribution is 0.286. The predicted octanol–water partition coefficient (Wildman–Crippen LogP) is 10.7. The van der Waals surface area contributed by atoms with Crippen molar-refractivity contribution in [3.05, 3.63) is 180 Å². The summed E-state index contributed by atoms with van der Waals surface area (Å²) in [6.07, 6.45) is 4.43. The van der Waals surface area contributed by atoms with Crippen molar-refractivity contribution in [3.63, 3.8) is 0 Å². The standard InChI is InChI=1S/C48H31NO2/c1-3-13-30(14-4-1)32-25-33(31-15-5-2-6-16-31)27-34(26-32)35-19-11-20-38-40-28-46-41(29-45(40)50-47(35)38)39-21-12-24-44(48(39)51-46)49-42-22-9-7-17-36(42)37-18-8-10-23-43(37)49/h1-29,41,46H. The van der Waals surface area contributed by atoms with Crippen LogP contribution in [0.25, 0.3) is 84.0 Å². The number of hydrogen-bond acceptors (Lipinski definition) is 2. The monoisotopic (exact) mass is 653 g/mol. The molecule has 2 atom stereocenters. The number of nitrogens with zero attached hydrogens (tertiary/aromatic N) is 1. The Hall–Kier alpha value is -6.58. The molecule has 3 nitrogen and oxygen atoms in total. The van der Waals surface area contributed by atoms with Gasteiger partial charge in [-0.25, -0.2) is 0 Å². The Morgan fingerprint density at radius 1 is 0.471 bits per heavy atom. The van der Waals surface area contributed by atoms with Gasteiger partial charge in [-0.2, -0.15) is 0 Å². The lowest BCUT2D eigenvalue weighted by Crippen LogP contribution is -2.32. The second-order valence-electron chi connectivity index (χ2n) is 13.6. The summed E-state index contributed by atoms with van der Waals surface area (Å²) in [6, 6.07) is 58.4. The summed E-state index contributed by atoms with van der Waals surface area (Å²) in [6.45, 7) is 0. The summed E-state index contributed by atoms with van der Waals surface area (Å²) >= 11 is 0. The number of aromatic nitrogens is 1. The third kappa shape index (κ3) is 4.31. The van der Waals surface area contributed by atoms with E-state index >= 15 is 0 Å². The Morgan fingerprint density at radius 2 is 1.06 bits per heavy atom. The molecule has 11 rings (SSSR count). The van der Waals surface area contributed by atoms with Crippen LogP contribution < -0.4 is 15.4 Å². The van der Waals surface area contributed by atoms with E-state index in [0.717, 1.165) is 44.2 Å². The van der Waals surface area contributed by atoms with Crippen LogP contribution in [-0.2, 0) is 0 Å². The van der Waals surface area contributed by atoms with E-state index in [0.29, 0.717) is 0 Å². The van der Waals surface area contributed by atoms with Crippen LogP contribution in [0.2, 0.25) is 0 Å². The number of fused-ring (bicyclic) bond motifs is 9. The molecule has 7 aromatic carbocycles. The first-order valence-corrected chi connectivity index (χ1v) is 17.6. The van der Waals surface area contributed by atoms with Crippen LogP contribution in [0.1, 0.15) is 11.5 Å². The summed E-state index contributed by atoms with van der Waals surface area (Å²) in [5, 5.41) is 4.68. The summed E-state index contributed by atoms with van der Waals surface area (Å²) in [5.74, 6) is 0.989. The number of furan rings is 1. The van der Waals surface area contributed by atoms with E-state index in [1.165, 1.54) is 49.6 Å². The molecule has 0 saturated carbocycles. The summed E-state index contributed by atoms with van der Waals surface area (Å²) in [4.78, 5) is 0. The first-order valence-electron chi connectivity index (χ1n) is 17.6. The van der Waals surface area contributed by atoms with Gasteiger partial charge in [0.15, 0.2) is 0 Å². The Balaban J connectivity index is 1.06. The molecule has 1 aliphatic carbocycles. The highest BCUT2D eigenvalue weighted by atomic mass is 16.5. The van der Waals surface area contributed by atoms with Crippen LogP contribution >= 0.6 is 0 Å². The molecule has 9 aromatic rings. The molecule has 3 heteroatoms. The van der Waals surface area contributed by atoms with E-state index in [4.69, 9.17) is 9.15 Å². The molecule has 0 N–H and O–H groups in total. The first-order chi connectivity index (χ1) is 25.3. The quantitative estimate of drug-likeness (QED) is 0.189. The Labute approximate surface area is 294 Å². The third-order valence-corrected chi connectivity index (χ3v) is 10.7. The molecule has 2 aromatic heterocycles. The van der Waals surface area contributed by atoms with E-state index < -0.39 is 0 Å². The number of rotatable bonds is 4. The van der Waals surface area contributed by atoms with E-state index in [9.17, 15) is 0 Å². The van der Waals surface area contributed by atoms with Gasteiger partial charge in [-0.1, -0.05) is 127 Å². The number of para-hydroxylation sites is 4. The number of hydrogen-bond donors (Lipinski definition) is 0. The van der Waals surface area contributed by atoms with Crippen molar-refractivity contribution < 1.29 is 9.15 Å². The van der Waals surface area contributed by atoms with E-state index in [1.807, 2.05) is 0 Å². The molecule has 51 heavy (non-hydrogen) atoms. The van der Waals surface area contributed by atoms with Gasteiger partial charge >= 0.3 is 0 Å². The van der Waals surface area contributed by atoms with Gasteiger partial charge in [0.05, 0.1) is 22.6 Å². The molecule has 3 heterocycles. The predicted molar refractivity (Wildman–Crippen MR) is 209 cm³/mol. The fourth-order valence-electron chi connectivity index (χ4n) is 8.38. The lowest BCUT2D eigenvalue weighted by Gasteiger charge is -2.14. The SMILES string of the molecule is C1=c2oc3c(-c4cc(-c5ccccc5)cc(-c5ccccc5)c4)cccc3c2=CC2Oc3c(cccc3-n3c4ccccc4c4ccccc43)C12. The van der Waals surface area contributed by atoms with Crippen molar-refractivity contribution in [2.45, 2.75) is 12.0 Å².